The molecule has 0 amide bonds. The van der Waals surface area contributed by atoms with Gasteiger partial charge in [-0.15, -0.1) is 0 Å². The summed E-state index contributed by atoms with van der Waals surface area (Å²) in [7, 11) is 0. The number of nitrogens with zero attached hydrogens (tertiary/aromatic N) is 1. The van der Waals surface area contributed by atoms with Crippen molar-refractivity contribution in [3.05, 3.63) is 26.6 Å². The van der Waals surface area contributed by atoms with Crippen LogP contribution in [0.1, 0.15) is 32.3 Å². The van der Waals surface area contributed by atoms with E-state index in [0.29, 0.717) is 6.04 Å². The van der Waals surface area contributed by atoms with Crippen LogP contribution in [0.4, 0.5) is 5.69 Å². The third kappa shape index (κ3) is 4.47. The molecule has 20 heavy (non-hydrogen) atoms. The molecule has 1 aromatic carbocycles. The van der Waals surface area contributed by atoms with E-state index in [1.54, 1.807) is 0 Å². The van der Waals surface area contributed by atoms with Gasteiger partial charge in [-0.25, -0.2) is 0 Å². The quantitative estimate of drug-likeness (QED) is 0.756. The molecule has 2 rings (SSSR count). The van der Waals surface area contributed by atoms with Gasteiger partial charge < -0.3 is 10.2 Å². The van der Waals surface area contributed by atoms with Crippen LogP contribution in [0.15, 0.2) is 21.1 Å². The highest BCUT2D eigenvalue weighted by atomic mass is 79.9. The van der Waals surface area contributed by atoms with E-state index in [9.17, 15) is 0 Å². The average Bonchev–Trinajstić information content (AvgIpc) is 2.35. The summed E-state index contributed by atoms with van der Waals surface area (Å²) in [5.41, 5.74) is 2.46. The Morgan fingerprint density at radius 3 is 2.25 bits per heavy atom. The fourth-order valence-corrected chi connectivity index (χ4v) is 4.46. The largest absolute Gasteiger partial charge is 0.380 e. The zero-order valence-electron chi connectivity index (χ0n) is 12.5. The van der Waals surface area contributed by atoms with Crippen LogP contribution in [0, 0.1) is 12.8 Å². The van der Waals surface area contributed by atoms with Crippen molar-refractivity contribution in [1.82, 2.24) is 4.90 Å². The monoisotopic (exact) mass is 402 g/mol. The first-order valence-corrected chi connectivity index (χ1v) is 8.99. The van der Waals surface area contributed by atoms with E-state index in [1.165, 1.54) is 43.7 Å². The fourth-order valence-electron chi connectivity index (χ4n) is 2.82. The number of nitrogens with one attached hydrogen (secondary N) is 1. The minimum atomic E-state index is 0.578. The first-order valence-electron chi connectivity index (χ1n) is 7.40. The third-order valence-electron chi connectivity index (χ3n) is 3.75. The molecule has 1 N–H and O–H groups in total. The summed E-state index contributed by atoms with van der Waals surface area (Å²) < 4.78 is 2.29. The first kappa shape index (κ1) is 16.3. The Labute approximate surface area is 139 Å². The number of likely N-dealkylation sites (tertiary alicyclic amines) is 1. The number of hydrogen-bond donors (Lipinski definition) is 1. The van der Waals surface area contributed by atoms with Crippen LogP contribution >= 0.6 is 31.9 Å². The van der Waals surface area contributed by atoms with Gasteiger partial charge in [0.2, 0.25) is 0 Å². The summed E-state index contributed by atoms with van der Waals surface area (Å²) in [6.07, 6.45) is 2.44. The summed E-state index contributed by atoms with van der Waals surface area (Å²) in [6.45, 7) is 10.3. The molecule has 0 atom stereocenters. The Bertz CT molecular complexity index is 429. The lowest BCUT2D eigenvalue weighted by atomic mass is 10.0. The Kier molecular flexibility index (Phi) is 5.94. The normalized spacial score (nSPS) is 17.7. The van der Waals surface area contributed by atoms with Gasteiger partial charge in [0.15, 0.2) is 0 Å². The van der Waals surface area contributed by atoms with Gasteiger partial charge in [-0.3, -0.25) is 0 Å². The van der Waals surface area contributed by atoms with Crippen molar-refractivity contribution in [3.63, 3.8) is 0 Å². The number of benzene rings is 1. The molecule has 1 saturated heterocycles. The maximum Gasteiger partial charge on any atom is 0.0631 e. The van der Waals surface area contributed by atoms with Crippen LogP contribution in [-0.2, 0) is 0 Å². The summed E-state index contributed by atoms with van der Waals surface area (Å²) in [6, 6.07) is 4.91. The molecule has 0 aliphatic carbocycles. The van der Waals surface area contributed by atoms with Crippen molar-refractivity contribution in [3.8, 4) is 0 Å². The average molecular weight is 404 g/mol. The van der Waals surface area contributed by atoms with Crippen molar-refractivity contribution >= 4 is 37.5 Å². The van der Waals surface area contributed by atoms with Crippen LogP contribution < -0.4 is 5.32 Å². The lowest BCUT2D eigenvalue weighted by Gasteiger charge is -2.34. The predicted octanol–water partition coefficient (Wildman–Crippen LogP) is 5.05. The van der Waals surface area contributed by atoms with E-state index < -0.39 is 0 Å². The molecule has 4 heteroatoms. The molecule has 0 saturated carbocycles. The maximum absolute atomic E-state index is 3.70. The summed E-state index contributed by atoms with van der Waals surface area (Å²) in [4.78, 5) is 2.59. The van der Waals surface area contributed by atoms with Gasteiger partial charge in [-0.2, -0.15) is 0 Å². The zero-order valence-corrected chi connectivity index (χ0v) is 15.7. The number of piperidine rings is 1. The van der Waals surface area contributed by atoms with Crippen LogP contribution in [-0.4, -0.2) is 30.6 Å². The standard InChI is InChI=1S/C16H24Br2N2/c1-11(2)10-20-6-4-13(5-7-20)19-16-14(17)8-12(3)9-15(16)18/h8-9,11,13,19H,4-7,10H2,1-3H3. The van der Waals surface area contributed by atoms with Crippen molar-refractivity contribution in [1.29, 1.82) is 0 Å². The molecular weight excluding hydrogens is 380 g/mol. The Morgan fingerprint density at radius 1 is 1.20 bits per heavy atom. The molecule has 0 aromatic heterocycles. The smallest absolute Gasteiger partial charge is 0.0631 e. The van der Waals surface area contributed by atoms with Crippen LogP contribution in [0.2, 0.25) is 0 Å². The van der Waals surface area contributed by atoms with Gasteiger partial charge in [-0.05, 0) is 75.2 Å². The first-order chi connectivity index (χ1) is 9.45. The van der Waals surface area contributed by atoms with Crippen LogP contribution in [0.3, 0.4) is 0 Å². The highest BCUT2D eigenvalue weighted by molar-refractivity contribution is 9.11. The number of rotatable bonds is 4. The Hall–Kier alpha value is -0.0600. The van der Waals surface area contributed by atoms with Crippen LogP contribution in [0.5, 0.6) is 0 Å². The molecule has 1 aliphatic heterocycles. The summed E-state index contributed by atoms with van der Waals surface area (Å²) in [5, 5.41) is 3.70. The highest BCUT2D eigenvalue weighted by Gasteiger charge is 2.20. The molecule has 112 valence electrons. The Balaban J connectivity index is 1.93. The number of aryl methyl sites for hydroxylation is 1. The van der Waals surface area contributed by atoms with Crippen molar-refractivity contribution in [2.75, 3.05) is 25.0 Å². The molecule has 1 aliphatic rings. The van der Waals surface area contributed by atoms with E-state index in [1.807, 2.05) is 0 Å². The molecule has 1 aromatic rings. The van der Waals surface area contributed by atoms with Crippen molar-refractivity contribution in [2.45, 2.75) is 39.7 Å². The third-order valence-corrected chi connectivity index (χ3v) is 5.00. The van der Waals surface area contributed by atoms with Gasteiger partial charge >= 0.3 is 0 Å². The SMILES string of the molecule is Cc1cc(Br)c(NC2CCN(CC(C)C)CC2)c(Br)c1. The van der Waals surface area contributed by atoms with E-state index in [0.717, 1.165) is 14.9 Å². The lowest BCUT2D eigenvalue weighted by molar-refractivity contribution is 0.198. The molecular formula is C16H24Br2N2. The minimum absolute atomic E-state index is 0.578. The fraction of sp³-hybridized carbons (Fsp3) is 0.625. The maximum atomic E-state index is 3.70. The molecule has 0 radical (unpaired) electrons. The number of halogens is 2. The predicted molar refractivity (Wildman–Crippen MR) is 94.5 cm³/mol. The van der Waals surface area contributed by atoms with Crippen molar-refractivity contribution < 1.29 is 0 Å². The van der Waals surface area contributed by atoms with E-state index >= 15 is 0 Å². The number of anilines is 1. The molecule has 2 nitrogen and oxygen atoms in total. The molecule has 1 heterocycles. The molecule has 0 bridgehead atoms. The second-order valence-electron chi connectivity index (χ2n) is 6.22. The number of hydrogen-bond acceptors (Lipinski definition) is 2. The minimum Gasteiger partial charge on any atom is -0.380 e. The van der Waals surface area contributed by atoms with E-state index in [2.05, 4.69) is 75.0 Å². The van der Waals surface area contributed by atoms with Gasteiger partial charge in [-0.1, -0.05) is 13.8 Å². The molecule has 1 fully saturated rings. The van der Waals surface area contributed by atoms with Gasteiger partial charge in [0.1, 0.15) is 0 Å². The van der Waals surface area contributed by atoms with E-state index in [4.69, 9.17) is 0 Å². The van der Waals surface area contributed by atoms with E-state index in [-0.39, 0.29) is 0 Å². The molecule has 0 spiro atoms. The molecule has 0 unspecified atom stereocenters. The topological polar surface area (TPSA) is 15.3 Å². The van der Waals surface area contributed by atoms with Crippen molar-refractivity contribution in [2.24, 2.45) is 5.92 Å². The second kappa shape index (κ2) is 7.28. The summed E-state index contributed by atoms with van der Waals surface area (Å²) in [5.74, 6) is 0.764. The Morgan fingerprint density at radius 2 is 1.75 bits per heavy atom. The second-order valence-corrected chi connectivity index (χ2v) is 7.93. The zero-order chi connectivity index (χ0) is 14.7. The van der Waals surface area contributed by atoms with Gasteiger partial charge in [0, 0.05) is 34.6 Å². The highest BCUT2D eigenvalue weighted by Crippen LogP contribution is 2.33. The lowest BCUT2D eigenvalue weighted by Crippen LogP contribution is -2.40. The van der Waals surface area contributed by atoms with Crippen LogP contribution in [0.25, 0.3) is 0 Å². The van der Waals surface area contributed by atoms with Gasteiger partial charge in [0.05, 0.1) is 5.69 Å². The summed E-state index contributed by atoms with van der Waals surface area (Å²) >= 11 is 7.33. The van der Waals surface area contributed by atoms with Gasteiger partial charge in [0.25, 0.3) is 0 Å².